The Morgan fingerprint density at radius 2 is 2.24 bits per heavy atom. The third kappa shape index (κ3) is 3.12. The van der Waals surface area contributed by atoms with Crippen LogP contribution in [0.3, 0.4) is 0 Å². The Morgan fingerprint density at radius 3 is 3.05 bits per heavy atom. The number of rotatable bonds is 5. The van der Waals surface area contributed by atoms with Crippen molar-refractivity contribution in [2.45, 2.75) is 58.1 Å². The van der Waals surface area contributed by atoms with Gasteiger partial charge in [0.15, 0.2) is 0 Å². The Balaban J connectivity index is 1.88. The quantitative estimate of drug-likeness (QED) is 0.903. The lowest BCUT2D eigenvalue weighted by molar-refractivity contribution is 0.0253. The molecule has 1 aliphatic heterocycles. The standard InChI is InChI=1S/C16H26N4O/c1-3-6-14-18-15(17-4-2)11-16(19-14)20-9-10-21-13-8-5-7-12(13)20/h11-13H,3-10H2,1-2H3,(H,17,18,19). The van der Waals surface area contributed by atoms with Gasteiger partial charge >= 0.3 is 0 Å². The van der Waals surface area contributed by atoms with E-state index >= 15 is 0 Å². The molecule has 2 unspecified atom stereocenters. The Bertz CT molecular complexity index is 455. The minimum absolute atomic E-state index is 0.394. The first-order valence-corrected chi connectivity index (χ1v) is 8.32. The van der Waals surface area contributed by atoms with E-state index in [0.29, 0.717) is 12.1 Å². The predicted octanol–water partition coefficient (Wildman–Crippen LogP) is 2.62. The van der Waals surface area contributed by atoms with Gasteiger partial charge in [-0.2, -0.15) is 0 Å². The number of ether oxygens (including phenoxy) is 1. The van der Waals surface area contributed by atoms with Gasteiger partial charge in [-0.3, -0.25) is 0 Å². The van der Waals surface area contributed by atoms with Crippen LogP contribution in [0.5, 0.6) is 0 Å². The van der Waals surface area contributed by atoms with Gasteiger partial charge in [-0.05, 0) is 32.6 Å². The summed E-state index contributed by atoms with van der Waals surface area (Å²) in [4.78, 5) is 11.9. The van der Waals surface area contributed by atoms with Crippen molar-refractivity contribution in [2.24, 2.45) is 0 Å². The maximum absolute atomic E-state index is 5.91. The first-order valence-electron chi connectivity index (χ1n) is 8.32. The fourth-order valence-corrected chi connectivity index (χ4v) is 3.45. The number of aromatic nitrogens is 2. The highest BCUT2D eigenvalue weighted by molar-refractivity contribution is 5.51. The van der Waals surface area contributed by atoms with Crippen LogP contribution < -0.4 is 10.2 Å². The van der Waals surface area contributed by atoms with Crippen LogP contribution in [0.25, 0.3) is 0 Å². The lowest BCUT2D eigenvalue weighted by Gasteiger charge is -2.38. The molecule has 116 valence electrons. The number of morpholine rings is 1. The minimum atomic E-state index is 0.394. The van der Waals surface area contributed by atoms with Gasteiger partial charge in [0.05, 0.1) is 18.8 Å². The molecule has 21 heavy (non-hydrogen) atoms. The van der Waals surface area contributed by atoms with E-state index < -0.39 is 0 Å². The lowest BCUT2D eigenvalue weighted by atomic mass is 10.1. The van der Waals surface area contributed by atoms with Gasteiger partial charge in [-0.25, -0.2) is 9.97 Å². The summed E-state index contributed by atoms with van der Waals surface area (Å²) in [6.07, 6.45) is 6.07. The number of fused-ring (bicyclic) bond motifs is 1. The van der Waals surface area contributed by atoms with Crippen molar-refractivity contribution in [3.8, 4) is 0 Å². The molecular formula is C16H26N4O. The molecule has 2 heterocycles. The summed E-state index contributed by atoms with van der Waals surface area (Å²) in [6.45, 7) is 6.91. The SMILES string of the molecule is CCCc1nc(NCC)cc(N2CCOC3CCCC32)n1. The summed E-state index contributed by atoms with van der Waals surface area (Å²) in [5.74, 6) is 2.98. The van der Waals surface area contributed by atoms with Gasteiger partial charge < -0.3 is 15.0 Å². The molecule has 5 nitrogen and oxygen atoms in total. The maximum atomic E-state index is 5.91. The molecule has 1 aliphatic carbocycles. The fourth-order valence-electron chi connectivity index (χ4n) is 3.45. The second-order valence-electron chi connectivity index (χ2n) is 5.91. The maximum Gasteiger partial charge on any atom is 0.134 e. The van der Waals surface area contributed by atoms with Crippen molar-refractivity contribution in [3.63, 3.8) is 0 Å². The van der Waals surface area contributed by atoms with Gasteiger partial charge in [0, 0.05) is 25.6 Å². The minimum Gasteiger partial charge on any atom is -0.374 e. The van der Waals surface area contributed by atoms with Crippen molar-refractivity contribution in [1.82, 2.24) is 9.97 Å². The average Bonchev–Trinajstić information content (AvgIpc) is 2.96. The van der Waals surface area contributed by atoms with Crippen LogP contribution in [0.2, 0.25) is 0 Å². The summed E-state index contributed by atoms with van der Waals surface area (Å²) >= 11 is 0. The van der Waals surface area contributed by atoms with E-state index in [2.05, 4.69) is 35.1 Å². The largest absolute Gasteiger partial charge is 0.374 e. The molecule has 2 fully saturated rings. The average molecular weight is 290 g/mol. The first kappa shape index (κ1) is 14.6. The molecule has 1 saturated carbocycles. The molecular weight excluding hydrogens is 264 g/mol. The van der Waals surface area contributed by atoms with Crippen LogP contribution in [0.4, 0.5) is 11.6 Å². The third-order valence-corrected chi connectivity index (χ3v) is 4.37. The van der Waals surface area contributed by atoms with Crippen LogP contribution in [0.15, 0.2) is 6.07 Å². The van der Waals surface area contributed by atoms with Crippen molar-refractivity contribution >= 4 is 11.6 Å². The lowest BCUT2D eigenvalue weighted by Crippen LogP contribution is -2.49. The van der Waals surface area contributed by atoms with Crippen LogP contribution in [-0.4, -0.2) is 41.8 Å². The predicted molar refractivity (Wildman–Crippen MR) is 84.9 cm³/mol. The van der Waals surface area contributed by atoms with Crippen molar-refractivity contribution in [3.05, 3.63) is 11.9 Å². The van der Waals surface area contributed by atoms with Gasteiger partial charge in [-0.1, -0.05) is 6.92 Å². The number of hydrogen-bond donors (Lipinski definition) is 1. The van der Waals surface area contributed by atoms with Crippen molar-refractivity contribution in [2.75, 3.05) is 29.9 Å². The molecule has 2 aliphatic rings. The number of nitrogens with zero attached hydrogens (tertiary/aromatic N) is 3. The third-order valence-electron chi connectivity index (χ3n) is 4.37. The van der Waals surface area contributed by atoms with E-state index in [-0.39, 0.29) is 0 Å². The van der Waals surface area contributed by atoms with E-state index in [1.165, 1.54) is 19.3 Å². The van der Waals surface area contributed by atoms with Gasteiger partial charge in [0.2, 0.25) is 0 Å². The molecule has 0 radical (unpaired) electrons. The second-order valence-corrected chi connectivity index (χ2v) is 5.91. The Labute approximate surface area is 127 Å². The van der Waals surface area contributed by atoms with Gasteiger partial charge in [-0.15, -0.1) is 0 Å². The summed E-state index contributed by atoms with van der Waals surface area (Å²) < 4.78 is 5.91. The van der Waals surface area contributed by atoms with E-state index in [1.54, 1.807) is 0 Å². The monoisotopic (exact) mass is 290 g/mol. The number of anilines is 2. The Hall–Kier alpha value is -1.36. The van der Waals surface area contributed by atoms with E-state index in [4.69, 9.17) is 9.72 Å². The topological polar surface area (TPSA) is 50.3 Å². The van der Waals surface area contributed by atoms with Crippen molar-refractivity contribution in [1.29, 1.82) is 0 Å². The number of nitrogens with one attached hydrogen (secondary N) is 1. The van der Waals surface area contributed by atoms with Crippen LogP contribution in [0.1, 0.15) is 45.4 Å². The van der Waals surface area contributed by atoms with Crippen LogP contribution in [-0.2, 0) is 11.2 Å². The zero-order chi connectivity index (χ0) is 14.7. The molecule has 0 amide bonds. The van der Waals surface area contributed by atoms with E-state index in [1.807, 2.05) is 0 Å². The molecule has 0 bridgehead atoms. The van der Waals surface area contributed by atoms with Crippen LogP contribution in [0, 0.1) is 0 Å². The molecule has 2 atom stereocenters. The second kappa shape index (κ2) is 6.60. The van der Waals surface area contributed by atoms with Crippen molar-refractivity contribution < 1.29 is 4.74 Å². The smallest absolute Gasteiger partial charge is 0.134 e. The normalized spacial score (nSPS) is 25.0. The van der Waals surface area contributed by atoms with E-state index in [0.717, 1.165) is 50.0 Å². The van der Waals surface area contributed by atoms with Crippen LogP contribution >= 0.6 is 0 Å². The number of hydrogen-bond acceptors (Lipinski definition) is 5. The summed E-state index contributed by atoms with van der Waals surface area (Å²) in [5.41, 5.74) is 0. The highest BCUT2D eigenvalue weighted by Crippen LogP contribution is 2.33. The Kier molecular flexibility index (Phi) is 4.58. The highest BCUT2D eigenvalue weighted by Gasteiger charge is 2.36. The Morgan fingerprint density at radius 1 is 1.33 bits per heavy atom. The fraction of sp³-hybridized carbons (Fsp3) is 0.750. The van der Waals surface area contributed by atoms with E-state index in [9.17, 15) is 0 Å². The molecule has 1 saturated heterocycles. The summed E-state index contributed by atoms with van der Waals surface area (Å²) in [7, 11) is 0. The molecule has 1 N–H and O–H groups in total. The zero-order valence-electron chi connectivity index (χ0n) is 13.1. The molecule has 0 aromatic carbocycles. The zero-order valence-corrected chi connectivity index (χ0v) is 13.1. The summed E-state index contributed by atoms with van der Waals surface area (Å²) in [6, 6.07) is 2.60. The number of aryl methyl sites for hydroxylation is 1. The molecule has 3 rings (SSSR count). The molecule has 5 heteroatoms. The molecule has 0 spiro atoms. The van der Waals surface area contributed by atoms with Gasteiger partial charge in [0.1, 0.15) is 17.5 Å². The molecule has 1 aromatic rings. The summed E-state index contributed by atoms with van der Waals surface area (Å²) in [5, 5.41) is 3.34. The first-order chi connectivity index (χ1) is 10.3. The highest BCUT2D eigenvalue weighted by atomic mass is 16.5. The van der Waals surface area contributed by atoms with Gasteiger partial charge in [0.25, 0.3) is 0 Å². The molecule has 1 aromatic heterocycles.